The van der Waals surface area contributed by atoms with Crippen molar-refractivity contribution in [3.05, 3.63) is 22.6 Å². The van der Waals surface area contributed by atoms with Crippen LogP contribution in [0.5, 0.6) is 0 Å². The van der Waals surface area contributed by atoms with Crippen molar-refractivity contribution in [1.29, 1.82) is 10.5 Å². The number of alkyl halides is 2. The SMILES string of the molecule is Cl.N#CC1CCN(CCCl)CC1.N#CC1CCN(CCn2ncc3c(Cl)nc(Cl)cc32)CC1.NC(=O)C1CCN(CCO)CC1.NC(=O)C1CCNCC1.O=S(Cl)Cl.OCCBr. The number of fused-ring (bicyclic) bond motifs is 1. The number of nitrogens with two attached hydrogens (primary N) is 2. The maximum Gasteiger partial charge on any atom is 0.220 e. The normalized spacial score (nSPS) is 17.9. The molecule has 4 saturated heterocycles. The number of carbonyl (C=O) groups excluding carboxylic acids is 2. The molecule has 24 heteroatoms. The number of nitrogens with zero attached hydrogens (tertiary/aromatic N) is 8. The average Bonchev–Trinajstić information content (AvgIpc) is 3.67. The van der Waals surface area contributed by atoms with Crippen LogP contribution in [-0.2, 0) is 25.4 Å². The molecule has 0 unspecified atom stereocenters. The van der Waals surface area contributed by atoms with Gasteiger partial charge in [-0.25, -0.2) is 9.19 Å². The van der Waals surface area contributed by atoms with Crippen molar-refractivity contribution in [2.45, 2.75) is 57.9 Å². The van der Waals surface area contributed by atoms with E-state index < -0.39 is 9.23 Å². The van der Waals surface area contributed by atoms with Crippen LogP contribution in [0.15, 0.2) is 12.3 Å². The summed E-state index contributed by atoms with van der Waals surface area (Å²) in [5.74, 6) is 1.08. The first-order valence-electron chi connectivity index (χ1n) is 20.2. The molecular weight excluding hydrogens is 1020 g/mol. The molecule has 4 aliphatic rings. The number of aliphatic hydroxyl groups excluding tert-OH is 2. The second-order valence-corrected chi connectivity index (χ2v) is 18.9. The van der Waals surface area contributed by atoms with Crippen molar-refractivity contribution in [1.82, 2.24) is 34.8 Å². The van der Waals surface area contributed by atoms with Crippen molar-refractivity contribution >= 4 is 116 Å². The predicted octanol–water partition coefficient (Wildman–Crippen LogP) is 4.92. The maximum atomic E-state index is 10.8. The Hall–Kier alpha value is -1.33. The molecule has 0 spiro atoms. The number of aromatic nitrogens is 3. The van der Waals surface area contributed by atoms with Crippen molar-refractivity contribution in [2.24, 2.45) is 35.1 Å². The standard InChI is InChI=1S/C14H15Cl2N5.C8H13ClN2.C8H16N2O2.C6H12N2O.C2H5BrO.Cl2OS.ClH/c15-13-7-12-11(14(16)19-13)9-18-21(12)6-5-20-3-1-10(8-17)2-4-20;9-3-6-11-4-1-8(7-10)2-5-11;9-8(12)7-1-3-10(4-2-7)5-6-11;7-6(9)5-1-3-8-4-2-5;3-1-2-4;1-4(2)3;/h7,9-10H,1-6H2;8H,1-6H2;7,11H,1-6H2,(H2,9,12);5,8H,1-4H2,(H2,7,9);4H,1-2H2;;1H. The van der Waals surface area contributed by atoms with Crippen molar-refractivity contribution < 1.29 is 24.0 Å². The molecule has 354 valence electrons. The molecule has 2 aromatic rings. The van der Waals surface area contributed by atoms with Crippen molar-refractivity contribution in [3.63, 3.8) is 0 Å². The van der Waals surface area contributed by atoms with Gasteiger partial charge in [0, 0.05) is 81.9 Å². The number of aliphatic hydroxyl groups is 2. The molecule has 6 heterocycles. The lowest BCUT2D eigenvalue weighted by atomic mass is 9.96. The van der Waals surface area contributed by atoms with E-state index in [0.29, 0.717) is 34.0 Å². The summed E-state index contributed by atoms with van der Waals surface area (Å²) in [6.45, 7) is 11.5. The lowest BCUT2D eigenvalue weighted by molar-refractivity contribution is -0.123. The van der Waals surface area contributed by atoms with E-state index >= 15 is 0 Å². The van der Waals surface area contributed by atoms with Crippen LogP contribution >= 0.6 is 84.5 Å². The third-order valence-electron chi connectivity index (χ3n) is 10.4. The van der Waals surface area contributed by atoms with Crippen LogP contribution in [0.3, 0.4) is 0 Å². The molecule has 62 heavy (non-hydrogen) atoms. The number of primary amides is 2. The maximum absolute atomic E-state index is 10.8. The first kappa shape index (κ1) is 60.7. The van der Waals surface area contributed by atoms with Crippen LogP contribution in [0, 0.1) is 46.3 Å². The van der Waals surface area contributed by atoms with Gasteiger partial charge in [0.25, 0.3) is 0 Å². The molecule has 4 fully saturated rings. The quantitative estimate of drug-likeness (QED) is 0.121. The molecule has 2 amide bonds. The summed E-state index contributed by atoms with van der Waals surface area (Å²) in [6.07, 6.45) is 9.19. The smallest absolute Gasteiger partial charge is 0.220 e. The molecule has 0 aliphatic carbocycles. The van der Waals surface area contributed by atoms with Gasteiger partial charge in [0.05, 0.1) is 49.0 Å². The first-order valence-corrected chi connectivity index (χ1v) is 25.5. The highest BCUT2D eigenvalue weighted by atomic mass is 79.9. The lowest BCUT2D eigenvalue weighted by Crippen LogP contribution is -2.39. The molecule has 0 saturated carbocycles. The van der Waals surface area contributed by atoms with Gasteiger partial charge in [0.1, 0.15) is 10.3 Å². The Balaban J connectivity index is 0.000000787. The Kier molecular flexibility index (Phi) is 36.0. The summed E-state index contributed by atoms with van der Waals surface area (Å²) < 4.78 is 11.0. The molecule has 0 bridgehead atoms. The van der Waals surface area contributed by atoms with E-state index in [1.54, 1.807) is 12.3 Å². The molecular formula is C38H62BrCl6N11O5S. The fourth-order valence-electron chi connectivity index (χ4n) is 6.80. The minimum absolute atomic E-state index is 0. The van der Waals surface area contributed by atoms with Crippen LogP contribution in [0.4, 0.5) is 0 Å². The Morgan fingerprint density at radius 3 is 1.65 bits per heavy atom. The number of nitriles is 2. The molecule has 7 N–H and O–H groups in total. The van der Waals surface area contributed by atoms with Crippen molar-refractivity contribution in [2.75, 3.05) is 96.4 Å². The Morgan fingerprint density at radius 2 is 1.24 bits per heavy atom. The summed E-state index contributed by atoms with van der Waals surface area (Å²) >= 11 is 20.6. The van der Waals surface area contributed by atoms with Crippen LogP contribution in [0.1, 0.15) is 51.4 Å². The fraction of sp³-hybridized carbons (Fsp3) is 0.737. The topological polar surface area (TPSA) is 244 Å². The number of likely N-dealkylation sites (tertiary alicyclic amines) is 3. The first-order chi connectivity index (χ1) is 29.2. The number of hydrogen-bond donors (Lipinski definition) is 5. The van der Waals surface area contributed by atoms with Gasteiger partial charge in [-0.3, -0.25) is 14.3 Å². The minimum atomic E-state index is -1.67. The minimum Gasteiger partial charge on any atom is -0.396 e. The molecule has 4 aliphatic heterocycles. The van der Waals surface area contributed by atoms with E-state index in [0.717, 1.165) is 134 Å². The number of amides is 2. The van der Waals surface area contributed by atoms with E-state index in [2.05, 4.69) is 79.5 Å². The largest absolute Gasteiger partial charge is 0.396 e. The molecule has 2 aromatic heterocycles. The summed E-state index contributed by atoms with van der Waals surface area (Å²) in [5, 5.41) is 43.8. The van der Waals surface area contributed by atoms with Gasteiger partial charge in [0.2, 0.25) is 21.0 Å². The fourth-order valence-corrected chi connectivity index (χ4v) is 7.51. The van der Waals surface area contributed by atoms with Crippen LogP contribution < -0.4 is 16.8 Å². The second kappa shape index (κ2) is 36.8. The lowest BCUT2D eigenvalue weighted by Gasteiger charge is -2.29. The molecule has 16 nitrogen and oxygen atoms in total. The van der Waals surface area contributed by atoms with E-state index in [1.807, 2.05) is 4.68 Å². The summed E-state index contributed by atoms with van der Waals surface area (Å²) in [5.41, 5.74) is 11.2. The summed E-state index contributed by atoms with van der Waals surface area (Å²) in [4.78, 5) is 32.2. The second-order valence-electron chi connectivity index (χ2n) is 14.5. The van der Waals surface area contributed by atoms with Crippen LogP contribution in [0.2, 0.25) is 10.3 Å². The molecule has 0 aromatic carbocycles. The number of nitrogens with one attached hydrogen (secondary N) is 1. The van der Waals surface area contributed by atoms with Gasteiger partial charge in [-0.15, -0.1) is 24.0 Å². The van der Waals surface area contributed by atoms with E-state index in [-0.39, 0.29) is 55.2 Å². The monoisotopic (exact) mass is 1070 g/mol. The summed E-state index contributed by atoms with van der Waals surface area (Å²) in [6, 6.07) is 6.45. The molecule has 0 atom stereocenters. The zero-order valence-corrected chi connectivity index (χ0v) is 41.9. The number of carbonyl (C=O) groups is 2. The number of piperidine rings is 4. The van der Waals surface area contributed by atoms with Gasteiger partial charge in [-0.05, 0) is 104 Å². The van der Waals surface area contributed by atoms with Gasteiger partial charge in [-0.2, -0.15) is 15.6 Å². The van der Waals surface area contributed by atoms with Crippen molar-refractivity contribution in [3.8, 4) is 12.1 Å². The number of rotatable bonds is 10. The number of hydrogen-bond acceptors (Lipinski definition) is 13. The Morgan fingerprint density at radius 1 is 0.806 bits per heavy atom. The summed E-state index contributed by atoms with van der Waals surface area (Å²) in [7, 11) is 7.36. The Labute approximate surface area is 407 Å². The Bertz CT molecular complexity index is 1630. The molecule has 6 rings (SSSR count). The highest BCUT2D eigenvalue weighted by Gasteiger charge is 2.23. The third-order valence-corrected chi connectivity index (χ3v) is 11.4. The predicted molar refractivity (Wildman–Crippen MR) is 256 cm³/mol. The van der Waals surface area contributed by atoms with Crippen LogP contribution in [0.25, 0.3) is 10.9 Å². The number of β-amino-alcohol motifs (C(OH)–C–C–N with tert-alkyl or cyclic N) is 1. The molecule has 0 radical (unpaired) electrons. The zero-order valence-electron chi connectivity index (χ0n) is 34.9. The van der Waals surface area contributed by atoms with Gasteiger partial charge in [-0.1, -0.05) is 39.1 Å². The highest BCUT2D eigenvalue weighted by molar-refractivity contribution is 9.09. The van der Waals surface area contributed by atoms with E-state index in [4.69, 9.17) is 71.2 Å². The van der Waals surface area contributed by atoms with Crippen LogP contribution in [-0.4, -0.2) is 152 Å². The van der Waals surface area contributed by atoms with Gasteiger partial charge in [0.15, 0.2) is 0 Å². The zero-order chi connectivity index (χ0) is 45.6. The number of pyridine rings is 1. The van der Waals surface area contributed by atoms with Gasteiger partial charge < -0.3 is 41.7 Å². The third kappa shape index (κ3) is 26.6. The van der Waals surface area contributed by atoms with E-state index in [9.17, 15) is 9.59 Å². The number of halogens is 7. The van der Waals surface area contributed by atoms with Gasteiger partial charge >= 0.3 is 0 Å². The highest BCUT2D eigenvalue weighted by Crippen LogP contribution is 2.25. The average molecular weight is 1080 g/mol. The van der Waals surface area contributed by atoms with E-state index in [1.165, 1.54) is 0 Å².